The number of anilines is 2. The normalized spacial score (nSPS) is 13.1. The summed E-state index contributed by atoms with van der Waals surface area (Å²) < 4.78 is 1.99. The zero-order valence-corrected chi connectivity index (χ0v) is 14.9. The van der Waals surface area contributed by atoms with E-state index in [-0.39, 0.29) is 12.3 Å². The Bertz CT molecular complexity index is 972. The number of carbonyl (C=O) groups excluding carboxylic acids is 1. The lowest BCUT2D eigenvalue weighted by atomic mass is 10.1. The topological polar surface area (TPSA) is 77.0 Å². The van der Waals surface area contributed by atoms with Crippen LogP contribution in [0.2, 0.25) is 0 Å². The summed E-state index contributed by atoms with van der Waals surface area (Å²) in [5.41, 5.74) is 11.5. The van der Waals surface area contributed by atoms with E-state index < -0.39 is 0 Å². The Kier molecular flexibility index (Phi) is 3.95. The van der Waals surface area contributed by atoms with E-state index in [9.17, 15) is 4.79 Å². The predicted molar refractivity (Wildman–Crippen MR) is 101 cm³/mol. The van der Waals surface area contributed by atoms with Gasteiger partial charge in [0.2, 0.25) is 11.9 Å². The summed E-state index contributed by atoms with van der Waals surface area (Å²) in [5, 5.41) is 0. The van der Waals surface area contributed by atoms with Crippen LogP contribution in [-0.2, 0) is 17.6 Å². The molecule has 1 aliphatic rings. The summed E-state index contributed by atoms with van der Waals surface area (Å²) in [4.78, 5) is 23.6. The molecule has 4 rings (SSSR count). The van der Waals surface area contributed by atoms with Crippen LogP contribution in [0.3, 0.4) is 0 Å². The number of rotatable bonds is 3. The second-order valence-electron chi connectivity index (χ2n) is 6.66. The molecule has 6 nitrogen and oxygen atoms in total. The van der Waals surface area contributed by atoms with Crippen LogP contribution >= 0.6 is 0 Å². The standard InChI is InChI=1S/C20H21N5O/c1-13-3-4-14(2)25(13)20-22-9-7-17(23-20)12-19(26)24-10-8-15-11-16(21)5-6-18(15)24/h3-7,9,11H,8,10,12,21H2,1-2H3. The van der Waals surface area contributed by atoms with Crippen LogP contribution in [-0.4, -0.2) is 27.0 Å². The van der Waals surface area contributed by atoms with E-state index in [2.05, 4.69) is 9.97 Å². The molecule has 2 N–H and O–H groups in total. The fourth-order valence-electron chi connectivity index (χ4n) is 3.51. The summed E-state index contributed by atoms with van der Waals surface area (Å²) >= 11 is 0. The summed E-state index contributed by atoms with van der Waals surface area (Å²) in [5.74, 6) is 0.643. The van der Waals surface area contributed by atoms with E-state index in [1.807, 2.05) is 53.6 Å². The van der Waals surface area contributed by atoms with Gasteiger partial charge in [-0.15, -0.1) is 0 Å². The number of nitrogens with zero attached hydrogens (tertiary/aromatic N) is 4. The minimum atomic E-state index is 0.0409. The molecule has 0 unspecified atom stereocenters. The molecule has 26 heavy (non-hydrogen) atoms. The highest BCUT2D eigenvalue weighted by Crippen LogP contribution is 2.30. The number of carbonyl (C=O) groups is 1. The fourth-order valence-corrected chi connectivity index (χ4v) is 3.51. The van der Waals surface area contributed by atoms with Crippen molar-refractivity contribution in [2.75, 3.05) is 17.2 Å². The smallest absolute Gasteiger partial charge is 0.234 e. The lowest BCUT2D eigenvalue weighted by molar-refractivity contribution is -0.117. The molecule has 0 radical (unpaired) electrons. The Morgan fingerprint density at radius 1 is 1.15 bits per heavy atom. The Morgan fingerprint density at radius 3 is 2.69 bits per heavy atom. The Balaban J connectivity index is 1.57. The van der Waals surface area contributed by atoms with Crippen molar-refractivity contribution in [3.8, 4) is 5.95 Å². The molecule has 1 amide bonds. The molecule has 0 saturated heterocycles. The van der Waals surface area contributed by atoms with E-state index in [1.165, 1.54) is 0 Å². The van der Waals surface area contributed by atoms with Crippen molar-refractivity contribution in [2.45, 2.75) is 26.7 Å². The lowest BCUT2D eigenvalue weighted by Crippen LogP contribution is -2.30. The zero-order chi connectivity index (χ0) is 18.3. The van der Waals surface area contributed by atoms with Gasteiger partial charge in [0, 0.05) is 35.5 Å². The highest BCUT2D eigenvalue weighted by molar-refractivity contribution is 5.96. The van der Waals surface area contributed by atoms with E-state index in [0.29, 0.717) is 12.5 Å². The summed E-state index contributed by atoms with van der Waals surface area (Å²) in [7, 11) is 0. The van der Waals surface area contributed by atoms with Gasteiger partial charge in [0.05, 0.1) is 12.1 Å². The Labute approximate surface area is 152 Å². The third-order valence-electron chi connectivity index (χ3n) is 4.80. The summed E-state index contributed by atoms with van der Waals surface area (Å²) in [6.07, 6.45) is 2.80. The third-order valence-corrected chi connectivity index (χ3v) is 4.80. The van der Waals surface area contributed by atoms with Crippen molar-refractivity contribution >= 4 is 17.3 Å². The van der Waals surface area contributed by atoms with Gasteiger partial charge in [0.15, 0.2) is 0 Å². The van der Waals surface area contributed by atoms with Crippen molar-refractivity contribution < 1.29 is 4.79 Å². The van der Waals surface area contributed by atoms with Gasteiger partial charge in [0.1, 0.15) is 0 Å². The average molecular weight is 347 g/mol. The molecular weight excluding hydrogens is 326 g/mol. The van der Waals surface area contributed by atoms with E-state index in [0.717, 1.165) is 40.4 Å². The van der Waals surface area contributed by atoms with Crippen LogP contribution in [0.4, 0.5) is 11.4 Å². The van der Waals surface area contributed by atoms with Crippen molar-refractivity contribution in [3.05, 3.63) is 65.2 Å². The molecule has 3 heterocycles. The number of aromatic nitrogens is 3. The van der Waals surface area contributed by atoms with Crippen LogP contribution in [0.1, 0.15) is 22.6 Å². The van der Waals surface area contributed by atoms with Crippen molar-refractivity contribution in [1.82, 2.24) is 14.5 Å². The molecule has 1 aliphatic heterocycles. The van der Waals surface area contributed by atoms with E-state index in [1.54, 1.807) is 12.3 Å². The molecule has 0 bridgehead atoms. The highest BCUT2D eigenvalue weighted by Gasteiger charge is 2.25. The molecule has 0 spiro atoms. The van der Waals surface area contributed by atoms with E-state index in [4.69, 9.17) is 5.73 Å². The molecular formula is C20H21N5O. The Hall–Kier alpha value is -3.15. The van der Waals surface area contributed by atoms with Crippen LogP contribution in [0.15, 0.2) is 42.6 Å². The van der Waals surface area contributed by atoms with Crippen LogP contribution < -0.4 is 10.6 Å². The lowest BCUT2D eigenvalue weighted by Gasteiger charge is -2.17. The molecule has 0 aliphatic carbocycles. The van der Waals surface area contributed by atoms with Crippen LogP contribution in [0.25, 0.3) is 5.95 Å². The zero-order valence-electron chi connectivity index (χ0n) is 14.9. The number of amides is 1. The number of nitrogens with two attached hydrogens (primary N) is 1. The summed E-state index contributed by atoms with van der Waals surface area (Å²) in [6, 6.07) is 11.6. The number of benzene rings is 1. The quantitative estimate of drug-likeness (QED) is 0.739. The number of aryl methyl sites for hydroxylation is 2. The highest BCUT2D eigenvalue weighted by atomic mass is 16.2. The molecule has 6 heteroatoms. The number of fused-ring (bicyclic) bond motifs is 1. The van der Waals surface area contributed by atoms with Gasteiger partial charge in [-0.05, 0) is 62.2 Å². The SMILES string of the molecule is Cc1ccc(C)n1-c1nccc(CC(=O)N2CCc3cc(N)ccc32)n1. The van der Waals surface area contributed by atoms with Gasteiger partial charge in [-0.1, -0.05) is 0 Å². The minimum Gasteiger partial charge on any atom is -0.399 e. The average Bonchev–Trinajstić information content (AvgIpc) is 3.18. The molecule has 2 aromatic heterocycles. The van der Waals surface area contributed by atoms with Gasteiger partial charge in [-0.3, -0.25) is 9.36 Å². The number of hydrogen-bond acceptors (Lipinski definition) is 4. The predicted octanol–water partition coefficient (Wildman–Crippen LogP) is 2.60. The maximum atomic E-state index is 12.8. The first-order valence-corrected chi connectivity index (χ1v) is 8.69. The van der Waals surface area contributed by atoms with Gasteiger partial charge in [-0.25, -0.2) is 9.97 Å². The Morgan fingerprint density at radius 2 is 1.92 bits per heavy atom. The second kappa shape index (κ2) is 6.29. The molecule has 0 fully saturated rings. The first-order valence-electron chi connectivity index (χ1n) is 8.69. The van der Waals surface area contributed by atoms with Crippen molar-refractivity contribution in [2.24, 2.45) is 0 Å². The van der Waals surface area contributed by atoms with Gasteiger partial charge < -0.3 is 10.6 Å². The fraction of sp³-hybridized carbons (Fsp3) is 0.250. The molecule has 0 atom stereocenters. The van der Waals surface area contributed by atoms with Crippen molar-refractivity contribution in [3.63, 3.8) is 0 Å². The molecule has 132 valence electrons. The van der Waals surface area contributed by atoms with Crippen molar-refractivity contribution in [1.29, 1.82) is 0 Å². The molecule has 0 saturated carbocycles. The summed E-state index contributed by atoms with van der Waals surface area (Å²) in [6.45, 7) is 4.72. The first-order chi connectivity index (χ1) is 12.5. The maximum absolute atomic E-state index is 12.8. The maximum Gasteiger partial charge on any atom is 0.234 e. The van der Waals surface area contributed by atoms with Crippen LogP contribution in [0, 0.1) is 13.8 Å². The first kappa shape index (κ1) is 16.3. The largest absolute Gasteiger partial charge is 0.399 e. The second-order valence-corrected chi connectivity index (χ2v) is 6.66. The minimum absolute atomic E-state index is 0.0409. The van der Waals surface area contributed by atoms with Gasteiger partial charge >= 0.3 is 0 Å². The molecule has 1 aromatic carbocycles. The number of nitrogen functional groups attached to an aromatic ring is 1. The molecule has 3 aromatic rings. The van der Waals surface area contributed by atoms with Gasteiger partial charge in [-0.2, -0.15) is 0 Å². The monoisotopic (exact) mass is 347 g/mol. The van der Waals surface area contributed by atoms with Gasteiger partial charge in [0.25, 0.3) is 0 Å². The number of hydrogen-bond donors (Lipinski definition) is 1. The third kappa shape index (κ3) is 2.83. The van der Waals surface area contributed by atoms with Crippen LogP contribution in [0.5, 0.6) is 0 Å². The van der Waals surface area contributed by atoms with E-state index >= 15 is 0 Å².